The Morgan fingerprint density at radius 2 is 1.72 bits per heavy atom. The van der Waals surface area contributed by atoms with Gasteiger partial charge in [0.1, 0.15) is 16.4 Å². The number of sulfonamides is 1. The van der Waals surface area contributed by atoms with Gasteiger partial charge in [-0.2, -0.15) is 9.57 Å². The SMILES string of the molecule is CCOc1ncccc1C1(NC(=O)c2ccc(N3CCN(C)CC3)cc2)C(=O)N(S(=O)(=O)c2ccc(OC)cc2OC)c2ccc(C#N)cc21. The molecule has 4 aromatic rings. The molecule has 3 heterocycles. The van der Waals surface area contributed by atoms with Crippen LogP contribution in [0.15, 0.2) is 83.9 Å². The summed E-state index contributed by atoms with van der Waals surface area (Å²) in [5.41, 5.74) is -0.811. The molecule has 1 aromatic heterocycles. The molecule has 50 heavy (non-hydrogen) atoms. The second-order valence-corrected chi connectivity index (χ2v) is 13.5. The maximum Gasteiger partial charge on any atom is 0.276 e. The van der Waals surface area contributed by atoms with E-state index in [0.717, 1.165) is 31.9 Å². The van der Waals surface area contributed by atoms with Gasteiger partial charge in [-0.25, -0.2) is 13.4 Å². The van der Waals surface area contributed by atoms with E-state index in [-0.39, 0.29) is 51.1 Å². The van der Waals surface area contributed by atoms with Crippen molar-refractivity contribution in [3.05, 3.63) is 101 Å². The molecule has 0 radical (unpaired) electrons. The van der Waals surface area contributed by atoms with Crippen LogP contribution in [0.1, 0.15) is 34.0 Å². The third-order valence-electron chi connectivity index (χ3n) is 8.90. The van der Waals surface area contributed by atoms with Crippen molar-refractivity contribution in [3.8, 4) is 23.4 Å². The molecule has 0 bridgehead atoms. The van der Waals surface area contributed by atoms with Gasteiger partial charge in [-0.1, -0.05) is 0 Å². The van der Waals surface area contributed by atoms with Crippen LogP contribution in [0.4, 0.5) is 11.4 Å². The van der Waals surface area contributed by atoms with E-state index in [4.69, 9.17) is 14.2 Å². The predicted octanol–water partition coefficient (Wildman–Crippen LogP) is 3.53. The molecule has 1 saturated heterocycles. The normalized spacial score (nSPS) is 17.5. The first-order valence-electron chi connectivity index (χ1n) is 15.9. The lowest BCUT2D eigenvalue weighted by Crippen LogP contribution is -2.55. The largest absolute Gasteiger partial charge is 0.497 e. The fraction of sp³-hybridized carbons (Fsp3) is 0.278. The van der Waals surface area contributed by atoms with Crippen LogP contribution in [-0.4, -0.2) is 84.2 Å². The minimum absolute atomic E-state index is 0.00338. The van der Waals surface area contributed by atoms with Gasteiger partial charge in [0.2, 0.25) is 5.88 Å². The molecule has 1 unspecified atom stereocenters. The summed E-state index contributed by atoms with van der Waals surface area (Å²) < 4.78 is 46.3. The third-order valence-corrected chi connectivity index (χ3v) is 10.6. The zero-order valence-corrected chi connectivity index (χ0v) is 28.9. The second-order valence-electron chi connectivity index (χ2n) is 11.8. The summed E-state index contributed by atoms with van der Waals surface area (Å²) >= 11 is 0. The topological polar surface area (TPSA) is 154 Å². The number of nitriles is 1. The number of ether oxygens (including phenoxy) is 3. The standard InChI is InChI=1S/C36H36N6O7S/c1-5-49-34-28(7-6-16-38-34)36(39-33(43)25-9-11-26(12-10-25)41-19-17-40(2)18-20-41)29-21-24(23-37)8-14-30(29)42(35(36)44)50(45,46)32-15-13-27(47-3)22-31(32)48-4/h6-16,21-22H,5,17-20H2,1-4H3,(H,39,43). The quantitative estimate of drug-likeness (QED) is 0.259. The summed E-state index contributed by atoms with van der Waals surface area (Å²) in [6.45, 7) is 5.38. The number of hydrogen-bond donors (Lipinski definition) is 1. The van der Waals surface area contributed by atoms with E-state index in [0.29, 0.717) is 10.1 Å². The van der Waals surface area contributed by atoms with Crippen molar-refractivity contribution in [1.82, 2.24) is 15.2 Å². The van der Waals surface area contributed by atoms with Gasteiger partial charge in [0.05, 0.1) is 43.7 Å². The van der Waals surface area contributed by atoms with Gasteiger partial charge in [-0.15, -0.1) is 0 Å². The summed E-state index contributed by atoms with van der Waals surface area (Å²) in [5, 5.41) is 12.8. The first-order chi connectivity index (χ1) is 24.1. The molecule has 1 N–H and O–H groups in total. The Kier molecular flexibility index (Phi) is 9.37. The summed E-state index contributed by atoms with van der Waals surface area (Å²) in [4.78, 5) is 37.9. The van der Waals surface area contributed by atoms with E-state index in [1.165, 1.54) is 56.8 Å². The van der Waals surface area contributed by atoms with Crippen molar-refractivity contribution >= 4 is 33.2 Å². The second kappa shape index (κ2) is 13.7. The van der Waals surface area contributed by atoms with Crippen molar-refractivity contribution in [1.29, 1.82) is 5.26 Å². The molecule has 0 spiro atoms. The number of benzene rings is 3. The van der Waals surface area contributed by atoms with Crippen LogP contribution in [-0.2, 0) is 20.4 Å². The number of likely N-dealkylation sites (N-methyl/N-ethyl adjacent to an activating group) is 1. The average molecular weight is 697 g/mol. The number of rotatable bonds is 10. The highest BCUT2D eigenvalue weighted by atomic mass is 32.2. The van der Waals surface area contributed by atoms with E-state index in [2.05, 4.69) is 33.2 Å². The fourth-order valence-electron chi connectivity index (χ4n) is 6.29. The number of aromatic nitrogens is 1. The summed E-state index contributed by atoms with van der Waals surface area (Å²) in [6.07, 6.45) is 1.46. The minimum atomic E-state index is -4.72. The molecule has 14 heteroatoms. The van der Waals surface area contributed by atoms with Crippen LogP contribution in [0.2, 0.25) is 0 Å². The van der Waals surface area contributed by atoms with Crippen LogP contribution < -0.4 is 28.7 Å². The van der Waals surface area contributed by atoms with E-state index >= 15 is 4.79 Å². The number of fused-ring (bicyclic) bond motifs is 1. The Bertz CT molecular complexity index is 2090. The van der Waals surface area contributed by atoms with E-state index in [1.807, 2.05) is 12.1 Å². The van der Waals surface area contributed by atoms with E-state index in [1.54, 1.807) is 31.2 Å². The Balaban J connectivity index is 1.52. The molecule has 2 amide bonds. The molecule has 0 saturated carbocycles. The van der Waals surface area contributed by atoms with Crippen molar-refractivity contribution in [3.63, 3.8) is 0 Å². The smallest absolute Gasteiger partial charge is 0.276 e. The summed E-state index contributed by atoms with van der Waals surface area (Å²) in [5.74, 6) is -1.42. The van der Waals surface area contributed by atoms with Crippen molar-refractivity contribution in [2.24, 2.45) is 0 Å². The number of nitrogens with one attached hydrogen (secondary N) is 1. The van der Waals surface area contributed by atoms with Gasteiger partial charge in [-0.3, -0.25) is 9.59 Å². The molecule has 0 aliphatic carbocycles. The average Bonchev–Trinajstić information content (AvgIpc) is 3.39. The maximum absolute atomic E-state index is 15.1. The number of amides is 2. The molecule has 6 rings (SSSR count). The molecule has 1 fully saturated rings. The monoisotopic (exact) mass is 696 g/mol. The van der Waals surface area contributed by atoms with E-state index in [9.17, 15) is 18.5 Å². The lowest BCUT2D eigenvalue weighted by atomic mass is 9.83. The van der Waals surface area contributed by atoms with Gasteiger partial charge < -0.3 is 29.3 Å². The molecule has 13 nitrogen and oxygen atoms in total. The van der Waals surface area contributed by atoms with Crippen LogP contribution in [0.25, 0.3) is 0 Å². The lowest BCUT2D eigenvalue weighted by molar-refractivity contribution is -0.121. The van der Waals surface area contributed by atoms with Gasteiger partial charge in [0.15, 0.2) is 5.54 Å². The van der Waals surface area contributed by atoms with Crippen molar-refractivity contribution in [2.45, 2.75) is 17.4 Å². The molecule has 1 atom stereocenters. The third kappa shape index (κ3) is 5.84. The Hall–Kier alpha value is -5.65. The van der Waals surface area contributed by atoms with Crippen LogP contribution >= 0.6 is 0 Å². The maximum atomic E-state index is 15.1. The summed E-state index contributed by atoms with van der Waals surface area (Å²) in [6, 6.07) is 20.4. The highest BCUT2D eigenvalue weighted by molar-refractivity contribution is 7.93. The molecular formula is C36H36N6O7S. The summed E-state index contributed by atoms with van der Waals surface area (Å²) in [7, 11) is 0.0840. The number of carbonyl (C=O) groups excluding carboxylic acids is 2. The van der Waals surface area contributed by atoms with Gasteiger partial charge in [-0.05, 0) is 80.7 Å². The highest BCUT2D eigenvalue weighted by Crippen LogP contribution is 2.50. The number of anilines is 2. The Morgan fingerprint density at radius 3 is 2.38 bits per heavy atom. The Morgan fingerprint density at radius 1 is 0.980 bits per heavy atom. The number of piperazine rings is 1. The fourth-order valence-corrected chi connectivity index (χ4v) is 7.90. The minimum Gasteiger partial charge on any atom is -0.497 e. The Labute approximate surface area is 290 Å². The predicted molar refractivity (Wildman–Crippen MR) is 185 cm³/mol. The van der Waals surface area contributed by atoms with Crippen molar-refractivity contribution < 1.29 is 32.2 Å². The van der Waals surface area contributed by atoms with Crippen LogP contribution in [0.3, 0.4) is 0 Å². The molecule has 258 valence electrons. The van der Waals surface area contributed by atoms with Gasteiger partial charge >= 0.3 is 0 Å². The molecular weight excluding hydrogens is 660 g/mol. The first kappa shape index (κ1) is 34.2. The molecule has 2 aliphatic heterocycles. The zero-order chi connectivity index (χ0) is 35.6. The van der Waals surface area contributed by atoms with Crippen LogP contribution in [0.5, 0.6) is 17.4 Å². The number of hydrogen-bond acceptors (Lipinski definition) is 11. The lowest BCUT2D eigenvalue weighted by Gasteiger charge is -2.34. The highest BCUT2D eigenvalue weighted by Gasteiger charge is 2.59. The van der Waals surface area contributed by atoms with Gasteiger partial charge in [0.25, 0.3) is 21.8 Å². The number of nitrogens with zero attached hydrogens (tertiary/aromatic N) is 5. The number of pyridine rings is 1. The van der Waals surface area contributed by atoms with Gasteiger partial charge in [0, 0.05) is 55.3 Å². The number of carbonyl (C=O) groups is 2. The number of methoxy groups -OCH3 is 2. The van der Waals surface area contributed by atoms with E-state index < -0.39 is 27.4 Å². The zero-order valence-electron chi connectivity index (χ0n) is 28.0. The molecule has 3 aromatic carbocycles. The first-order valence-corrected chi connectivity index (χ1v) is 17.3. The van der Waals surface area contributed by atoms with Crippen LogP contribution in [0, 0.1) is 11.3 Å². The molecule has 2 aliphatic rings. The van der Waals surface area contributed by atoms with Crippen molar-refractivity contribution in [2.75, 3.05) is 63.3 Å².